The maximum atomic E-state index is 13.3. The van der Waals surface area contributed by atoms with Gasteiger partial charge in [0.2, 0.25) is 0 Å². The summed E-state index contributed by atoms with van der Waals surface area (Å²) in [5.74, 6) is -1.41. The van der Waals surface area contributed by atoms with E-state index in [0.29, 0.717) is 12.8 Å². The van der Waals surface area contributed by atoms with E-state index in [9.17, 15) is 18.9 Å². The van der Waals surface area contributed by atoms with E-state index in [0.717, 1.165) is 27.8 Å². The van der Waals surface area contributed by atoms with Gasteiger partial charge >= 0.3 is 5.97 Å². The highest BCUT2D eigenvalue weighted by Crippen LogP contribution is 2.30. The molecule has 0 aliphatic heterocycles. The molecule has 0 bridgehead atoms. The van der Waals surface area contributed by atoms with Gasteiger partial charge < -0.3 is 14.7 Å². The lowest BCUT2D eigenvalue weighted by Crippen LogP contribution is -2.15. The molecule has 7 heteroatoms. The molecule has 0 saturated heterocycles. The Balaban J connectivity index is 1.98. The molecule has 2 atom stereocenters. The average Bonchev–Trinajstić information content (AvgIpc) is 2.59. The molecule has 2 unspecified atom stereocenters. The Morgan fingerprint density at radius 3 is 2.54 bits per heavy atom. The number of carboxylic acid groups (broad SMARTS) is 1. The number of aliphatic hydroxyl groups excluding tert-OH is 1. The number of halogens is 1. The minimum atomic E-state index is -2.48. The second-order valence-corrected chi connectivity index (χ2v) is 8.34. The Morgan fingerprint density at radius 1 is 1.21 bits per heavy atom. The molecule has 0 fully saturated rings. The number of aliphatic carboxylic acids is 1. The van der Waals surface area contributed by atoms with Gasteiger partial charge in [0.05, 0.1) is 19.1 Å². The minimum absolute atomic E-state index is 0.151. The zero-order chi connectivity index (χ0) is 20.7. The summed E-state index contributed by atoms with van der Waals surface area (Å²) in [6, 6.07) is 10.6. The molecule has 0 aliphatic rings. The van der Waals surface area contributed by atoms with Gasteiger partial charge in [-0.25, -0.2) is 4.39 Å². The monoisotopic (exact) mass is 408 g/mol. The van der Waals surface area contributed by atoms with Crippen LogP contribution in [0.3, 0.4) is 0 Å². The lowest BCUT2D eigenvalue weighted by atomic mass is 9.91. The molecule has 2 aromatic rings. The summed E-state index contributed by atoms with van der Waals surface area (Å²) in [4.78, 5) is 10.5. The van der Waals surface area contributed by atoms with Crippen LogP contribution in [0.2, 0.25) is 0 Å². The summed E-state index contributed by atoms with van der Waals surface area (Å²) >= 11 is 0. The fourth-order valence-electron chi connectivity index (χ4n) is 3.18. The smallest absolute Gasteiger partial charge is 0.305 e. The van der Waals surface area contributed by atoms with Crippen LogP contribution in [-0.2, 0) is 20.3 Å². The first-order chi connectivity index (χ1) is 13.3. The van der Waals surface area contributed by atoms with E-state index in [2.05, 4.69) is 12.1 Å². The van der Waals surface area contributed by atoms with Crippen molar-refractivity contribution in [2.45, 2.75) is 39.2 Å². The third-order valence-electron chi connectivity index (χ3n) is 4.42. The van der Waals surface area contributed by atoms with Gasteiger partial charge in [-0.05, 0) is 61.1 Å². The van der Waals surface area contributed by atoms with E-state index in [-0.39, 0.29) is 18.6 Å². The molecule has 0 heterocycles. The molecule has 5 nitrogen and oxygen atoms in total. The highest BCUT2D eigenvalue weighted by Gasteiger charge is 2.14. The number of aliphatic hydroxyl groups is 1. The van der Waals surface area contributed by atoms with Crippen molar-refractivity contribution in [3.8, 4) is 11.1 Å². The van der Waals surface area contributed by atoms with E-state index in [1.165, 1.54) is 12.1 Å². The molecule has 0 aromatic heterocycles. The Morgan fingerprint density at radius 2 is 1.89 bits per heavy atom. The molecule has 2 rings (SSSR count). The van der Waals surface area contributed by atoms with E-state index in [1.807, 2.05) is 13.8 Å². The molecular formula is C21H26FO5P. The van der Waals surface area contributed by atoms with Crippen molar-refractivity contribution < 1.29 is 28.5 Å². The van der Waals surface area contributed by atoms with Gasteiger partial charge in [0, 0.05) is 6.16 Å². The Kier molecular flexibility index (Phi) is 8.36. The maximum absolute atomic E-state index is 13.3. The first-order valence-corrected chi connectivity index (χ1v) is 10.7. The zero-order valence-corrected chi connectivity index (χ0v) is 17.1. The highest BCUT2D eigenvalue weighted by molar-refractivity contribution is 7.39. The van der Waals surface area contributed by atoms with Crippen molar-refractivity contribution in [3.05, 3.63) is 58.9 Å². The third-order valence-corrected chi connectivity index (χ3v) is 5.75. The van der Waals surface area contributed by atoms with Crippen LogP contribution in [0.4, 0.5) is 4.39 Å². The Labute approximate surface area is 165 Å². The standard InChI is InChI=1S/C21H26FO5P/c1-14-10-15(2)19(20(11-14)16-5-7-17(22)8-6-16)4-3-9-27-28(26)13-18(23)12-21(24)25/h5-8,10-11,18,23,28H,3-4,9,12-13H2,1-2H3,(H,24,25). The molecule has 152 valence electrons. The second-order valence-electron chi connectivity index (χ2n) is 6.89. The second kappa shape index (κ2) is 10.5. The van der Waals surface area contributed by atoms with Gasteiger partial charge in [-0.3, -0.25) is 9.36 Å². The summed E-state index contributed by atoms with van der Waals surface area (Å²) in [7, 11) is -2.48. The zero-order valence-electron chi connectivity index (χ0n) is 16.1. The number of carboxylic acids is 1. The lowest BCUT2D eigenvalue weighted by Gasteiger charge is -2.15. The predicted octanol–water partition coefficient (Wildman–Crippen LogP) is 4.37. The van der Waals surface area contributed by atoms with Crippen LogP contribution in [-0.4, -0.2) is 35.1 Å². The molecular weight excluding hydrogens is 382 g/mol. The molecule has 0 amide bonds. The molecule has 0 aliphatic carbocycles. The molecule has 2 aromatic carbocycles. The highest BCUT2D eigenvalue weighted by atomic mass is 31.1. The summed E-state index contributed by atoms with van der Waals surface area (Å²) in [6.45, 7) is 4.30. The Hall–Kier alpha value is -2.01. The van der Waals surface area contributed by atoms with Crippen LogP contribution in [0, 0.1) is 19.7 Å². The molecule has 28 heavy (non-hydrogen) atoms. The number of aryl methyl sites for hydroxylation is 2. The quantitative estimate of drug-likeness (QED) is 0.451. The molecule has 0 radical (unpaired) electrons. The maximum Gasteiger partial charge on any atom is 0.305 e. The van der Waals surface area contributed by atoms with Gasteiger partial charge in [-0.15, -0.1) is 0 Å². The summed E-state index contributed by atoms with van der Waals surface area (Å²) in [5, 5.41) is 18.1. The number of benzene rings is 2. The molecule has 2 N–H and O–H groups in total. The van der Waals surface area contributed by atoms with Gasteiger partial charge in [-0.2, -0.15) is 0 Å². The van der Waals surface area contributed by atoms with Crippen molar-refractivity contribution in [2.24, 2.45) is 0 Å². The van der Waals surface area contributed by atoms with Crippen molar-refractivity contribution in [3.63, 3.8) is 0 Å². The van der Waals surface area contributed by atoms with Crippen molar-refractivity contribution in [2.75, 3.05) is 12.8 Å². The largest absolute Gasteiger partial charge is 0.481 e. The SMILES string of the molecule is Cc1cc(C)c(CCCO[PH](=O)CC(O)CC(=O)O)c(-c2ccc(F)cc2)c1. The minimum Gasteiger partial charge on any atom is -0.481 e. The Bertz CT molecular complexity index is 835. The van der Waals surface area contributed by atoms with Crippen molar-refractivity contribution in [1.29, 1.82) is 0 Å². The van der Waals surface area contributed by atoms with Gasteiger partial charge in [0.1, 0.15) is 5.82 Å². The first-order valence-electron chi connectivity index (χ1n) is 9.18. The van der Waals surface area contributed by atoms with E-state index < -0.39 is 26.5 Å². The number of hydrogen-bond acceptors (Lipinski definition) is 4. The van der Waals surface area contributed by atoms with Gasteiger partial charge in [-0.1, -0.05) is 29.8 Å². The number of carbonyl (C=O) groups is 1. The topological polar surface area (TPSA) is 83.8 Å². The predicted molar refractivity (Wildman–Crippen MR) is 108 cm³/mol. The van der Waals surface area contributed by atoms with Crippen LogP contribution < -0.4 is 0 Å². The van der Waals surface area contributed by atoms with Gasteiger partial charge in [0.25, 0.3) is 0 Å². The van der Waals surface area contributed by atoms with Crippen molar-refractivity contribution in [1.82, 2.24) is 0 Å². The average molecular weight is 408 g/mol. The summed E-state index contributed by atoms with van der Waals surface area (Å²) < 4.78 is 30.4. The van der Waals surface area contributed by atoms with Crippen LogP contribution in [0.1, 0.15) is 29.5 Å². The number of hydrogen-bond donors (Lipinski definition) is 2. The molecule has 0 spiro atoms. The van der Waals surface area contributed by atoms with E-state index in [1.54, 1.807) is 12.1 Å². The van der Waals surface area contributed by atoms with E-state index >= 15 is 0 Å². The van der Waals surface area contributed by atoms with Crippen LogP contribution in [0.5, 0.6) is 0 Å². The summed E-state index contributed by atoms with van der Waals surface area (Å²) in [6.07, 6.45) is -0.423. The van der Waals surface area contributed by atoms with E-state index in [4.69, 9.17) is 9.63 Å². The normalized spacial score (nSPS) is 13.3. The molecule has 0 saturated carbocycles. The summed E-state index contributed by atoms with van der Waals surface area (Å²) in [5.41, 5.74) is 5.36. The fourth-order valence-corrected chi connectivity index (χ4v) is 4.20. The van der Waals surface area contributed by atoms with Crippen molar-refractivity contribution >= 4 is 14.0 Å². The van der Waals surface area contributed by atoms with Crippen LogP contribution in [0.25, 0.3) is 11.1 Å². The fraction of sp³-hybridized carbons (Fsp3) is 0.381. The first kappa shape index (κ1) is 22.3. The van der Waals surface area contributed by atoms with Crippen LogP contribution in [0.15, 0.2) is 36.4 Å². The third kappa shape index (κ3) is 6.86. The van der Waals surface area contributed by atoms with Crippen LogP contribution >= 0.6 is 8.03 Å². The number of rotatable bonds is 10. The lowest BCUT2D eigenvalue weighted by molar-refractivity contribution is -0.138. The van der Waals surface area contributed by atoms with Gasteiger partial charge in [0.15, 0.2) is 8.03 Å².